The molecule has 1 unspecified atom stereocenters. The van der Waals surface area contributed by atoms with Gasteiger partial charge >= 0.3 is 6.18 Å². The van der Waals surface area contributed by atoms with Crippen LogP contribution < -0.4 is 5.43 Å². The minimum Gasteiger partial charge on any atom is -0.503 e. The van der Waals surface area contributed by atoms with E-state index in [9.17, 15) is 28.2 Å². The van der Waals surface area contributed by atoms with Crippen molar-refractivity contribution in [3.05, 3.63) is 81.2 Å². The third-order valence-corrected chi connectivity index (χ3v) is 4.55. The van der Waals surface area contributed by atoms with Crippen LogP contribution in [0, 0.1) is 0 Å². The first-order valence-corrected chi connectivity index (χ1v) is 8.57. The number of hydrogen-bond acceptors (Lipinski definition) is 3. The molecule has 0 fully saturated rings. The summed E-state index contributed by atoms with van der Waals surface area (Å²) in [4.78, 5) is 11.7. The van der Waals surface area contributed by atoms with Gasteiger partial charge < -0.3 is 14.8 Å². The van der Waals surface area contributed by atoms with Crippen LogP contribution in [-0.2, 0) is 6.18 Å². The second-order valence-corrected chi connectivity index (χ2v) is 6.64. The van der Waals surface area contributed by atoms with Crippen LogP contribution >= 0.6 is 11.6 Å². The average molecular weight is 410 g/mol. The highest BCUT2D eigenvalue weighted by molar-refractivity contribution is 6.31. The molecular weight excluding hydrogens is 395 g/mol. The SMILES string of the molecule is CC(O)c1cc(=O)c(O)cn1-c1cccc(-c2ccc(Cl)c(C(F)(F)F)c2)c1. The molecule has 0 aliphatic rings. The molecule has 0 spiro atoms. The second kappa shape index (κ2) is 7.33. The Morgan fingerprint density at radius 2 is 1.75 bits per heavy atom. The summed E-state index contributed by atoms with van der Waals surface area (Å²) in [5.41, 5.74) is -0.144. The lowest BCUT2D eigenvalue weighted by Crippen LogP contribution is -2.13. The van der Waals surface area contributed by atoms with Crippen molar-refractivity contribution in [3.63, 3.8) is 0 Å². The average Bonchev–Trinajstić information content (AvgIpc) is 2.63. The van der Waals surface area contributed by atoms with Gasteiger partial charge in [0.05, 0.1) is 28.6 Å². The number of nitrogens with zero attached hydrogens (tertiary/aromatic N) is 1. The van der Waals surface area contributed by atoms with Crippen LogP contribution in [-0.4, -0.2) is 14.8 Å². The van der Waals surface area contributed by atoms with Crippen molar-refractivity contribution in [2.75, 3.05) is 0 Å². The van der Waals surface area contributed by atoms with Crippen molar-refractivity contribution in [2.24, 2.45) is 0 Å². The molecule has 0 saturated carbocycles. The Morgan fingerprint density at radius 1 is 1.07 bits per heavy atom. The van der Waals surface area contributed by atoms with Crippen molar-refractivity contribution in [3.8, 4) is 22.6 Å². The van der Waals surface area contributed by atoms with E-state index in [1.165, 1.54) is 23.6 Å². The minimum atomic E-state index is -4.59. The molecule has 0 amide bonds. The molecule has 1 heterocycles. The molecule has 2 N–H and O–H groups in total. The molecule has 8 heteroatoms. The van der Waals surface area contributed by atoms with Gasteiger partial charge in [0.15, 0.2) is 5.75 Å². The zero-order valence-corrected chi connectivity index (χ0v) is 15.3. The Morgan fingerprint density at radius 3 is 2.39 bits per heavy atom. The van der Waals surface area contributed by atoms with E-state index in [1.54, 1.807) is 24.3 Å². The molecule has 3 rings (SSSR count). The van der Waals surface area contributed by atoms with Crippen LogP contribution in [0.2, 0.25) is 5.02 Å². The molecule has 0 aliphatic heterocycles. The molecule has 2 aromatic carbocycles. The summed E-state index contributed by atoms with van der Waals surface area (Å²) >= 11 is 5.67. The van der Waals surface area contributed by atoms with Gasteiger partial charge in [0.25, 0.3) is 0 Å². The molecule has 0 aliphatic carbocycles. The number of aliphatic hydroxyl groups excluding tert-OH is 1. The highest BCUT2D eigenvalue weighted by Crippen LogP contribution is 2.37. The lowest BCUT2D eigenvalue weighted by molar-refractivity contribution is -0.137. The number of aromatic hydroxyl groups is 1. The van der Waals surface area contributed by atoms with Gasteiger partial charge in [0, 0.05) is 11.8 Å². The molecule has 0 bridgehead atoms. The van der Waals surface area contributed by atoms with Crippen molar-refractivity contribution in [2.45, 2.75) is 19.2 Å². The van der Waals surface area contributed by atoms with Crippen molar-refractivity contribution in [1.29, 1.82) is 0 Å². The van der Waals surface area contributed by atoms with Gasteiger partial charge in [-0.2, -0.15) is 13.2 Å². The van der Waals surface area contributed by atoms with E-state index in [2.05, 4.69) is 0 Å². The fraction of sp³-hybridized carbons (Fsp3) is 0.150. The summed E-state index contributed by atoms with van der Waals surface area (Å²) in [7, 11) is 0. The number of pyridine rings is 1. The minimum absolute atomic E-state index is 0.229. The van der Waals surface area contributed by atoms with E-state index in [1.807, 2.05) is 0 Å². The van der Waals surface area contributed by atoms with Crippen molar-refractivity contribution in [1.82, 2.24) is 4.57 Å². The van der Waals surface area contributed by atoms with Gasteiger partial charge in [0.2, 0.25) is 5.43 Å². The molecule has 1 aromatic heterocycles. The van der Waals surface area contributed by atoms with Gasteiger partial charge in [-0.15, -0.1) is 0 Å². The Labute approximate surface area is 163 Å². The van der Waals surface area contributed by atoms with Crippen LogP contribution in [0.1, 0.15) is 24.3 Å². The van der Waals surface area contributed by atoms with E-state index in [-0.39, 0.29) is 5.69 Å². The predicted octanol–water partition coefficient (Wildman–Crippen LogP) is 4.94. The fourth-order valence-corrected chi connectivity index (χ4v) is 3.07. The summed E-state index contributed by atoms with van der Waals surface area (Å²) < 4.78 is 40.8. The molecule has 0 saturated heterocycles. The van der Waals surface area contributed by atoms with Crippen LogP contribution in [0.15, 0.2) is 59.5 Å². The Hall–Kier alpha value is -2.77. The maximum absolute atomic E-state index is 13.1. The van der Waals surface area contributed by atoms with E-state index in [0.717, 1.165) is 18.3 Å². The van der Waals surface area contributed by atoms with Gasteiger partial charge in [-0.1, -0.05) is 29.8 Å². The standard InChI is InChI=1S/C20H15ClF3NO3/c1-11(26)17-9-18(27)19(28)10-25(17)14-4-2-3-12(7-14)13-5-6-16(21)15(8-13)20(22,23)24/h2-11,26,28H,1H3. The topological polar surface area (TPSA) is 62.5 Å². The van der Waals surface area contributed by atoms with E-state index in [0.29, 0.717) is 16.8 Å². The third kappa shape index (κ3) is 3.90. The van der Waals surface area contributed by atoms with Gasteiger partial charge in [-0.3, -0.25) is 4.79 Å². The van der Waals surface area contributed by atoms with Crippen molar-refractivity contribution >= 4 is 11.6 Å². The van der Waals surface area contributed by atoms with Crippen LogP contribution in [0.25, 0.3) is 16.8 Å². The number of halogens is 4. The summed E-state index contributed by atoms with van der Waals surface area (Å²) in [5, 5.41) is 19.3. The first kappa shape index (κ1) is 20.0. The highest BCUT2D eigenvalue weighted by atomic mass is 35.5. The number of aromatic nitrogens is 1. The summed E-state index contributed by atoms with van der Waals surface area (Å²) in [6.07, 6.45) is -4.44. The molecule has 3 aromatic rings. The van der Waals surface area contributed by atoms with Gasteiger partial charge in [-0.05, 0) is 42.3 Å². The summed E-state index contributed by atoms with van der Waals surface area (Å²) in [6, 6.07) is 11.2. The first-order chi connectivity index (χ1) is 13.1. The van der Waals surface area contributed by atoms with E-state index in [4.69, 9.17) is 11.6 Å². The largest absolute Gasteiger partial charge is 0.503 e. The number of hydrogen-bond donors (Lipinski definition) is 2. The first-order valence-electron chi connectivity index (χ1n) is 8.19. The van der Waals surface area contributed by atoms with Gasteiger partial charge in [0.1, 0.15) is 0 Å². The number of alkyl halides is 3. The summed E-state index contributed by atoms with van der Waals surface area (Å²) in [6.45, 7) is 1.46. The molecule has 146 valence electrons. The molecule has 28 heavy (non-hydrogen) atoms. The fourth-order valence-electron chi connectivity index (χ4n) is 2.84. The van der Waals surface area contributed by atoms with E-state index < -0.39 is 34.0 Å². The lowest BCUT2D eigenvalue weighted by atomic mass is 10.0. The Bertz CT molecular complexity index is 1090. The Kier molecular flexibility index (Phi) is 5.23. The smallest absolute Gasteiger partial charge is 0.417 e. The molecular formula is C20H15ClF3NO3. The third-order valence-electron chi connectivity index (χ3n) is 4.22. The number of benzene rings is 2. The normalized spacial score (nSPS) is 12.8. The molecule has 4 nitrogen and oxygen atoms in total. The predicted molar refractivity (Wildman–Crippen MR) is 99.8 cm³/mol. The van der Waals surface area contributed by atoms with E-state index >= 15 is 0 Å². The lowest BCUT2D eigenvalue weighted by Gasteiger charge is -2.17. The van der Waals surface area contributed by atoms with Crippen LogP contribution in [0.3, 0.4) is 0 Å². The second-order valence-electron chi connectivity index (χ2n) is 6.24. The highest BCUT2D eigenvalue weighted by Gasteiger charge is 2.33. The Balaban J connectivity index is 2.15. The maximum atomic E-state index is 13.1. The number of aliphatic hydroxyl groups is 1. The molecule has 1 atom stereocenters. The van der Waals surface area contributed by atoms with Crippen LogP contribution in [0.4, 0.5) is 13.2 Å². The maximum Gasteiger partial charge on any atom is 0.417 e. The zero-order chi connectivity index (χ0) is 20.6. The zero-order valence-electron chi connectivity index (χ0n) is 14.5. The monoisotopic (exact) mass is 409 g/mol. The van der Waals surface area contributed by atoms with Crippen LogP contribution in [0.5, 0.6) is 5.75 Å². The number of rotatable bonds is 3. The quantitative estimate of drug-likeness (QED) is 0.644. The molecule has 0 radical (unpaired) electrons. The van der Waals surface area contributed by atoms with Gasteiger partial charge in [-0.25, -0.2) is 0 Å². The van der Waals surface area contributed by atoms with Crippen molar-refractivity contribution < 1.29 is 23.4 Å². The summed E-state index contributed by atoms with van der Waals surface area (Å²) in [5.74, 6) is -0.513.